The van der Waals surface area contributed by atoms with Crippen molar-refractivity contribution < 1.29 is 9.53 Å². The van der Waals surface area contributed by atoms with Crippen LogP contribution in [0, 0.1) is 0 Å². The molecule has 0 atom stereocenters. The molecule has 0 spiro atoms. The first-order valence-corrected chi connectivity index (χ1v) is 11.1. The van der Waals surface area contributed by atoms with Crippen molar-refractivity contribution in [1.82, 2.24) is 20.0 Å². The van der Waals surface area contributed by atoms with E-state index in [2.05, 4.69) is 44.0 Å². The molecule has 0 radical (unpaired) electrons. The summed E-state index contributed by atoms with van der Waals surface area (Å²) in [6, 6.07) is 11.8. The number of carbonyl (C=O) groups is 1. The Morgan fingerprint density at radius 3 is 1.87 bits per heavy atom. The van der Waals surface area contributed by atoms with Gasteiger partial charge in [-0.25, -0.2) is 0 Å². The van der Waals surface area contributed by atoms with Gasteiger partial charge < -0.3 is 24.3 Å². The molecule has 1 amide bonds. The van der Waals surface area contributed by atoms with Crippen LogP contribution < -0.4 is 14.5 Å². The Bertz CT molecular complexity index is 841. The first kappa shape index (κ1) is 21.4. The predicted molar refractivity (Wildman–Crippen MR) is 122 cm³/mol. The van der Waals surface area contributed by atoms with Gasteiger partial charge in [-0.2, -0.15) is 0 Å². The topological polar surface area (TPSA) is 65.0 Å². The van der Waals surface area contributed by atoms with E-state index in [-0.39, 0.29) is 5.91 Å². The number of likely N-dealkylation sites (N-methyl/N-ethyl adjacent to an activating group) is 1. The van der Waals surface area contributed by atoms with E-state index in [1.165, 1.54) is 0 Å². The fourth-order valence-corrected chi connectivity index (χ4v) is 4.16. The van der Waals surface area contributed by atoms with Crippen molar-refractivity contribution in [2.24, 2.45) is 0 Å². The molecule has 166 valence electrons. The Labute approximate surface area is 184 Å². The summed E-state index contributed by atoms with van der Waals surface area (Å²) < 4.78 is 5.18. The fourth-order valence-electron chi connectivity index (χ4n) is 4.16. The Morgan fingerprint density at radius 1 is 0.839 bits per heavy atom. The zero-order chi connectivity index (χ0) is 21.6. The van der Waals surface area contributed by atoms with Gasteiger partial charge in [0.15, 0.2) is 11.6 Å². The SMILES string of the molecule is CCN1CCN(c2ccc(N3CCN(C(=O)Cc4ccc(OC)cc4)CC3)nn2)CC1. The number of carbonyl (C=O) groups excluding carboxylic acids is 1. The Morgan fingerprint density at radius 2 is 1.39 bits per heavy atom. The van der Waals surface area contributed by atoms with E-state index < -0.39 is 0 Å². The van der Waals surface area contributed by atoms with Gasteiger partial charge in [-0.1, -0.05) is 19.1 Å². The molecule has 8 nitrogen and oxygen atoms in total. The number of piperazine rings is 2. The van der Waals surface area contributed by atoms with E-state index in [1.807, 2.05) is 29.2 Å². The lowest BCUT2D eigenvalue weighted by Crippen LogP contribution is -2.49. The van der Waals surface area contributed by atoms with E-state index in [9.17, 15) is 4.79 Å². The van der Waals surface area contributed by atoms with E-state index in [0.717, 1.165) is 68.8 Å². The third-order valence-electron chi connectivity index (χ3n) is 6.25. The number of hydrogen-bond donors (Lipinski definition) is 0. The predicted octanol–water partition coefficient (Wildman–Crippen LogP) is 1.52. The molecular weight excluding hydrogens is 392 g/mol. The maximum Gasteiger partial charge on any atom is 0.227 e. The molecule has 0 N–H and O–H groups in total. The molecule has 2 aliphatic rings. The summed E-state index contributed by atoms with van der Waals surface area (Å²) >= 11 is 0. The second kappa shape index (κ2) is 9.96. The van der Waals surface area contributed by atoms with Gasteiger partial charge in [-0.05, 0) is 36.4 Å². The van der Waals surface area contributed by atoms with Gasteiger partial charge in [-0.3, -0.25) is 4.79 Å². The number of amides is 1. The molecule has 1 aromatic carbocycles. The van der Waals surface area contributed by atoms with Gasteiger partial charge in [0.05, 0.1) is 13.5 Å². The summed E-state index contributed by atoms with van der Waals surface area (Å²) in [6.07, 6.45) is 0.420. The van der Waals surface area contributed by atoms with Crippen LogP contribution in [0.5, 0.6) is 5.75 Å². The third-order valence-corrected chi connectivity index (χ3v) is 6.25. The summed E-state index contributed by atoms with van der Waals surface area (Å²) in [6.45, 7) is 10.4. The van der Waals surface area contributed by atoms with Crippen molar-refractivity contribution in [3.63, 3.8) is 0 Å². The minimum Gasteiger partial charge on any atom is -0.497 e. The maximum atomic E-state index is 12.7. The van der Waals surface area contributed by atoms with Crippen LogP contribution in [0.4, 0.5) is 11.6 Å². The van der Waals surface area contributed by atoms with Crippen molar-refractivity contribution in [1.29, 1.82) is 0 Å². The van der Waals surface area contributed by atoms with Crippen LogP contribution >= 0.6 is 0 Å². The van der Waals surface area contributed by atoms with E-state index in [4.69, 9.17) is 4.74 Å². The van der Waals surface area contributed by atoms with Crippen molar-refractivity contribution in [3.8, 4) is 5.75 Å². The average molecular weight is 425 g/mol. The maximum absolute atomic E-state index is 12.7. The second-order valence-corrected chi connectivity index (χ2v) is 8.06. The van der Waals surface area contributed by atoms with Gasteiger partial charge in [0.1, 0.15) is 5.75 Å². The zero-order valence-corrected chi connectivity index (χ0v) is 18.5. The standard InChI is InChI=1S/C23H32N6O2/c1-3-26-10-12-27(13-11-26)21-8-9-22(25-24-21)28-14-16-29(17-15-28)23(30)18-19-4-6-20(31-2)7-5-19/h4-9H,3,10-18H2,1-2H3. The summed E-state index contributed by atoms with van der Waals surface area (Å²) in [4.78, 5) is 21.6. The highest BCUT2D eigenvalue weighted by atomic mass is 16.5. The number of nitrogens with zero attached hydrogens (tertiary/aromatic N) is 6. The fraction of sp³-hybridized carbons (Fsp3) is 0.522. The highest BCUT2D eigenvalue weighted by Crippen LogP contribution is 2.18. The molecule has 1 aromatic heterocycles. The molecule has 4 rings (SSSR count). The highest BCUT2D eigenvalue weighted by Gasteiger charge is 2.23. The molecule has 0 aliphatic carbocycles. The van der Waals surface area contributed by atoms with Crippen LogP contribution in [0.25, 0.3) is 0 Å². The van der Waals surface area contributed by atoms with Crippen LogP contribution in [-0.4, -0.2) is 91.9 Å². The molecule has 3 heterocycles. The number of benzene rings is 1. The quantitative estimate of drug-likeness (QED) is 0.697. The van der Waals surface area contributed by atoms with Gasteiger partial charge in [0.25, 0.3) is 0 Å². The number of ether oxygens (including phenoxy) is 1. The van der Waals surface area contributed by atoms with Crippen LogP contribution in [0.2, 0.25) is 0 Å². The van der Waals surface area contributed by atoms with Crippen LogP contribution in [0.15, 0.2) is 36.4 Å². The normalized spacial score (nSPS) is 17.7. The minimum absolute atomic E-state index is 0.164. The largest absolute Gasteiger partial charge is 0.497 e. The summed E-state index contributed by atoms with van der Waals surface area (Å²) in [5.41, 5.74) is 1.01. The summed E-state index contributed by atoms with van der Waals surface area (Å²) in [5.74, 6) is 2.81. The minimum atomic E-state index is 0.164. The first-order chi connectivity index (χ1) is 15.2. The third kappa shape index (κ3) is 5.25. The van der Waals surface area contributed by atoms with Gasteiger partial charge >= 0.3 is 0 Å². The molecule has 0 unspecified atom stereocenters. The highest BCUT2D eigenvalue weighted by molar-refractivity contribution is 5.79. The monoisotopic (exact) mass is 424 g/mol. The van der Waals surface area contributed by atoms with Crippen molar-refractivity contribution in [2.75, 3.05) is 75.8 Å². The van der Waals surface area contributed by atoms with E-state index >= 15 is 0 Å². The van der Waals surface area contributed by atoms with E-state index in [0.29, 0.717) is 19.5 Å². The Balaban J connectivity index is 1.26. The van der Waals surface area contributed by atoms with Gasteiger partial charge in [0.2, 0.25) is 5.91 Å². The van der Waals surface area contributed by atoms with Crippen LogP contribution in [0.1, 0.15) is 12.5 Å². The lowest BCUT2D eigenvalue weighted by molar-refractivity contribution is -0.130. The number of methoxy groups -OCH3 is 1. The molecule has 2 aliphatic heterocycles. The number of aromatic nitrogens is 2. The molecule has 2 aromatic rings. The second-order valence-electron chi connectivity index (χ2n) is 8.06. The lowest BCUT2D eigenvalue weighted by Gasteiger charge is -2.36. The molecule has 8 heteroatoms. The van der Waals surface area contributed by atoms with Gasteiger partial charge in [0, 0.05) is 52.4 Å². The molecule has 0 bridgehead atoms. The van der Waals surface area contributed by atoms with Gasteiger partial charge in [-0.15, -0.1) is 10.2 Å². The average Bonchev–Trinajstić information content (AvgIpc) is 2.85. The number of hydrogen-bond acceptors (Lipinski definition) is 7. The summed E-state index contributed by atoms with van der Waals surface area (Å²) in [5, 5.41) is 8.95. The molecular formula is C23H32N6O2. The van der Waals surface area contributed by atoms with Crippen LogP contribution in [0.3, 0.4) is 0 Å². The Kier molecular flexibility index (Phi) is 6.86. The van der Waals surface area contributed by atoms with Crippen LogP contribution in [-0.2, 0) is 11.2 Å². The number of rotatable bonds is 6. The molecule has 2 saturated heterocycles. The Hall–Kier alpha value is -2.87. The smallest absolute Gasteiger partial charge is 0.227 e. The summed E-state index contributed by atoms with van der Waals surface area (Å²) in [7, 11) is 1.64. The van der Waals surface area contributed by atoms with Crippen molar-refractivity contribution in [3.05, 3.63) is 42.0 Å². The van der Waals surface area contributed by atoms with E-state index in [1.54, 1.807) is 7.11 Å². The number of anilines is 2. The van der Waals surface area contributed by atoms with Crippen molar-refractivity contribution >= 4 is 17.5 Å². The lowest BCUT2D eigenvalue weighted by atomic mass is 10.1. The molecule has 0 saturated carbocycles. The molecule has 2 fully saturated rings. The molecule has 31 heavy (non-hydrogen) atoms. The zero-order valence-electron chi connectivity index (χ0n) is 18.5. The van der Waals surface area contributed by atoms with Crippen molar-refractivity contribution in [2.45, 2.75) is 13.3 Å². The first-order valence-electron chi connectivity index (χ1n) is 11.1.